The highest BCUT2D eigenvalue weighted by Gasteiger charge is 2.53. The number of aliphatic hydroxyl groups is 1. The van der Waals surface area contributed by atoms with Crippen molar-refractivity contribution in [2.24, 2.45) is 5.41 Å². The van der Waals surface area contributed by atoms with Crippen molar-refractivity contribution < 1.29 is 52.8 Å². The third kappa shape index (κ3) is 12.5. The number of likely N-dealkylation sites (tertiary alicyclic amines) is 1. The lowest BCUT2D eigenvalue weighted by molar-refractivity contribution is -0.145. The van der Waals surface area contributed by atoms with E-state index < -0.39 is 59.0 Å². The lowest BCUT2D eigenvalue weighted by atomic mass is 9.85. The van der Waals surface area contributed by atoms with Gasteiger partial charge in [-0.25, -0.2) is 9.37 Å². The maximum atomic E-state index is 14.6. The Morgan fingerprint density at radius 3 is 2.20 bits per heavy atom. The number of aliphatic carboxylic acids is 1. The second-order valence-corrected chi connectivity index (χ2v) is 15.5. The fraction of sp³-hybridized carbons (Fsp3) is 0.622. The molecule has 1 aromatic heterocycles. The summed E-state index contributed by atoms with van der Waals surface area (Å²) in [5.74, 6) is -3.35. The van der Waals surface area contributed by atoms with Crippen LogP contribution in [0.2, 0.25) is 0 Å². The molecule has 4 rings (SSSR count). The van der Waals surface area contributed by atoms with Crippen LogP contribution in [0.4, 0.5) is 4.39 Å². The molecule has 15 nitrogen and oxygen atoms in total. The average Bonchev–Trinajstić information content (AvgIpc) is 3.52. The van der Waals surface area contributed by atoms with Crippen LogP contribution in [0.15, 0.2) is 29.8 Å². The summed E-state index contributed by atoms with van der Waals surface area (Å²) in [5, 5.41) is 27.5. The minimum Gasteiger partial charge on any atom is -0.481 e. The van der Waals surface area contributed by atoms with Crippen LogP contribution in [-0.2, 0) is 38.2 Å². The molecular formula is C37H52FN5O10S. The lowest BCUT2D eigenvalue weighted by Crippen LogP contribution is -2.59. The molecule has 54 heavy (non-hydrogen) atoms. The molecule has 1 aliphatic carbocycles. The van der Waals surface area contributed by atoms with Gasteiger partial charge in [0.25, 0.3) is 5.91 Å². The third-order valence-electron chi connectivity index (χ3n) is 9.15. The summed E-state index contributed by atoms with van der Waals surface area (Å²) in [6.07, 6.45) is -1.13. The molecule has 2 aliphatic rings. The zero-order valence-electron chi connectivity index (χ0n) is 31.2. The standard InChI is InChI=1S/C37H52FN5O10S/c1-23-31(54-22-40-23)25-7-5-24(6-8-25)27(20-29(45)39-12-14-52-16-18-53-17-15-51-13-9-30(46)47)41-33(48)28-19-26(44)21-43(28)34(49)32(36(2,3)4)42-35(50)37(38)10-11-37/h5-8,22,26-28,32,44H,9-21H2,1-4H3,(H,39,45)(H,41,48)(H,42,50)(H,46,47)/t26-,27+,28+,32-/m1/s1. The van der Waals surface area contributed by atoms with Crippen LogP contribution in [0, 0.1) is 12.3 Å². The minimum atomic E-state index is -2.00. The first-order valence-corrected chi connectivity index (χ1v) is 19.0. The second-order valence-electron chi connectivity index (χ2n) is 14.6. The van der Waals surface area contributed by atoms with Gasteiger partial charge in [-0.1, -0.05) is 45.0 Å². The summed E-state index contributed by atoms with van der Waals surface area (Å²) in [6.45, 7) is 8.56. The molecule has 298 valence electrons. The summed E-state index contributed by atoms with van der Waals surface area (Å²) >= 11 is 1.50. The van der Waals surface area contributed by atoms with Crippen LogP contribution in [-0.4, -0.2) is 126 Å². The molecule has 0 radical (unpaired) electrons. The zero-order chi connectivity index (χ0) is 39.5. The molecular weight excluding hydrogens is 725 g/mol. The van der Waals surface area contributed by atoms with Crippen LogP contribution < -0.4 is 16.0 Å². The zero-order valence-corrected chi connectivity index (χ0v) is 32.0. The van der Waals surface area contributed by atoms with E-state index in [1.165, 1.54) is 16.2 Å². The number of benzene rings is 1. The van der Waals surface area contributed by atoms with Crippen molar-refractivity contribution in [3.05, 3.63) is 41.0 Å². The van der Waals surface area contributed by atoms with Crippen molar-refractivity contribution in [3.63, 3.8) is 0 Å². The van der Waals surface area contributed by atoms with E-state index in [9.17, 15) is 33.5 Å². The van der Waals surface area contributed by atoms with E-state index in [2.05, 4.69) is 20.9 Å². The van der Waals surface area contributed by atoms with Gasteiger partial charge in [-0.2, -0.15) is 0 Å². The van der Waals surface area contributed by atoms with E-state index in [0.29, 0.717) is 5.56 Å². The normalized spacial score (nSPS) is 18.8. The van der Waals surface area contributed by atoms with E-state index >= 15 is 0 Å². The Kier molecular flexibility index (Phi) is 15.4. The van der Waals surface area contributed by atoms with Gasteiger partial charge in [-0.3, -0.25) is 24.0 Å². The van der Waals surface area contributed by atoms with E-state index in [0.717, 1.165) is 16.1 Å². The molecule has 1 aromatic carbocycles. The summed E-state index contributed by atoms with van der Waals surface area (Å²) < 4.78 is 30.6. The number of carbonyl (C=O) groups is 5. The molecule has 4 atom stereocenters. The predicted octanol–water partition coefficient (Wildman–Crippen LogP) is 2.30. The highest BCUT2D eigenvalue weighted by molar-refractivity contribution is 7.13. The number of halogens is 1. The van der Waals surface area contributed by atoms with Gasteiger partial charge in [0.15, 0.2) is 5.67 Å². The molecule has 0 spiro atoms. The van der Waals surface area contributed by atoms with E-state index in [1.807, 2.05) is 31.2 Å². The summed E-state index contributed by atoms with van der Waals surface area (Å²) in [6, 6.07) is 4.33. The number of aromatic nitrogens is 1. The second kappa shape index (κ2) is 19.5. The first kappa shape index (κ1) is 42.7. The number of amides is 4. The fourth-order valence-corrected chi connectivity index (χ4v) is 6.72. The minimum absolute atomic E-state index is 0.0588. The average molecular weight is 778 g/mol. The Bertz CT molecular complexity index is 1600. The monoisotopic (exact) mass is 777 g/mol. The van der Waals surface area contributed by atoms with Gasteiger partial charge in [0, 0.05) is 19.5 Å². The number of carboxylic acid groups (broad SMARTS) is 1. The fourth-order valence-electron chi connectivity index (χ4n) is 5.91. The van der Waals surface area contributed by atoms with Crippen molar-refractivity contribution in [2.45, 2.75) is 89.7 Å². The number of aryl methyl sites for hydroxylation is 1. The molecule has 0 bridgehead atoms. The van der Waals surface area contributed by atoms with Crippen LogP contribution in [0.5, 0.6) is 0 Å². The SMILES string of the molecule is Cc1ncsc1-c1ccc([C@H](CC(=O)NCCOCCOCCOCCC(=O)O)NC(=O)[C@@H]2C[C@@H](O)CN2C(=O)[C@@H](NC(=O)C2(F)CC2)C(C)(C)C)cc1. The molecule has 4 amide bonds. The maximum absolute atomic E-state index is 14.6. The van der Waals surface area contributed by atoms with Crippen molar-refractivity contribution >= 4 is 40.9 Å². The number of rotatable bonds is 21. The lowest BCUT2D eigenvalue weighted by Gasteiger charge is -2.36. The van der Waals surface area contributed by atoms with Crippen LogP contribution >= 0.6 is 11.3 Å². The third-order valence-corrected chi connectivity index (χ3v) is 10.1. The van der Waals surface area contributed by atoms with Crippen LogP contribution in [0.1, 0.15) is 70.2 Å². The highest BCUT2D eigenvalue weighted by Crippen LogP contribution is 2.40. The Morgan fingerprint density at radius 2 is 1.63 bits per heavy atom. The molecule has 5 N–H and O–H groups in total. The van der Waals surface area contributed by atoms with Crippen LogP contribution in [0.25, 0.3) is 10.4 Å². The largest absolute Gasteiger partial charge is 0.481 e. The first-order valence-electron chi connectivity index (χ1n) is 18.1. The smallest absolute Gasteiger partial charge is 0.305 e. The molecule has 2 heterocycles. The summed E-state index contributed by atoms with van der Waals surface area (Å²) in [4.78, 5) is 70.7. The quantitative estimate of drug-likeness (QED) is 0.116. The van der Waals surface area contributed by atoms with Gasteiger partial charge >= 0.3 is 5.97 Å². The van der Waals surface area contributed by atoms with E-state index in [4.69, 9.17) is 19.3 Å². The number of alkyl halides is 1. The van der Waals surface area contributed by atoms with E-state index in [-0.39, 0.29) is 90.7 Å². The predicted molar refractivity (Wildman–Crippen MR) is 196 cm³/mol. The number of ether oxygens (including phenoxy) is 3. The number of nitrogens with one attached hydrogen (secondary N) is 3. The molecule has 0 unspecified atom stereocenters. The number of carboxylic acids is 1. The molecule has 1 saturated heterocycles. The van der Waals surface area contributed by atoms with Crippen molar-refractivity contribution in [1.29, 1.82) is 0 Å². The van der Waals surface area contributed by atoms with Gasteiger partial charge in [-0.05, 0) is 36.3 Å². The number of β-amino-alcohol motifs (C(OH)–C–C–N with tert-alkyl or cyclic N) is 1. The van der Waals surface area contributed by atoms with Crippen molar-refractivity contribution in [1.82, 2.24) is 25.8 Å². The maximum Gasteiger partial charge on any atom is 0.305 e. The number of aliphatic hydroxyl groups excluding tert-OH is 1. The van der Waals surface area contributed by atoms with Crippen LogP contribution in [0.3, 0.4) is 0 Å². The van der Waals surface area contributed by atoms with Crippen molar-refractivity contribution in [3.8, 4) is 10.4 Å². The number of nitrogens with zero attached hydrogens (tertiary/aromatic N) is 2. The van der Waals surface area contributed by atoms with Gasteiger partial charge in [0.05, 0.1) is 80.7 Å². The molecule has 1 saturated carbocycles. The first-order chi connectivity index (χ1) is 25.6. The number of carbonyl (C=O) groups excluding carboxylic acids is 4. The van der Waals surface area contributed by atoms with Gasteiger partial charge in [-0.15, -0.1) is 11.3 Å². The molecule has 2 fully saturated rings. The molecule has 1 aliphatic heterocycles. The number of thiazole rings is 1. The molecule has 17 heteroatoms. The summed E-state index contributed by atoms with van der Waals surface area (Å²) in [5.41, 5.74) is 1.36. The summed E-state index contributed by atoms with van der Waals surface area (Å²) in [7, 11) is 0. The van der Waals surface area contributed by atoms with Gasteiger partial charge in [0.2, 0.25) is 17.7 Å². The Balaban J connectivity index is 1.37. The number of hydrogen-bond donors (Lipinski definition) is 5. The van der Waals surface area contributed by atoms with Gasteiger partial charge in [0.1, 0.15) is 12.1 Å². The Morgan fingerprint density at radius 1 is 1.00 bits per heavy atom. The highest BCUT2D eigenvalue weighted by atomic mass is 32.1. The topological polar surface area (TPSA) is 206 Å². The Hall–Kier alpha value is -4.03. The van der Waals surface area contributed by atoms with E-state index in [1.54, 1.807) is 26.3 Å². The van der Waals surface area contributed by atoms with Gasteiger partial charge < -0.3 is 45.3 Å². The Labute approximate surface area is 318 Å². The molecule has 2 aromatic rings. The van der Waals surface area contributed by atoms with Crippen molar-refractivity contribution in [2.75, 3.05) is 52.7 Å². The number of hydrogen-bond acceptors (Lipinski definition) is 11.